The second-order valence-electron chi connectivity index (χ2n) is 3.05. The zero-order valence-corrected chi connectivity index (χ0v) is 9.22. The second kappa shape index (κ2) is 8.94. The maximum atomic E-state index is 11.0. The van der Waals surface area contributed by atoms with Crippen LogP contribution in [0.2, 0.25) is 0 Å². The number of carbonyl (C=O) groups excluding carboxylic acids is 1. The third-order valence-corrected chi connectivity index (χ3v) is 1.90. The first-order chi connectivity index (χ1) is 6.72. The monoisotopic (exact) mass is 222 g/mol. The van der Waals surface area contributed by atoms with Crippen molar-refractivity contribution in [2.75, 3.05) is 6.61 Å². The molecule has 16 heavy (non-hydrogen) atoms. The van der Waals surface area contributed by atoms with Gasteiger partial charge in [-0.25, -0.2) is 0 Å². The van der Waals surface area contributed by atoms with Crippen molar-refractivity contribution in [3.05, 3.63) is 29.8 Å². The molecule has 0 heterocycles. The molecule has 0 aliphatic rings. The van der Waals surface area contributed by atoms with Crippen LogP contribution in [0.3, 0.4) is 0 Å². The van der Waals surface area contributed by atoms with Crippen LogP contribution >= 0.6 is 0 Å². The van der Waals surface area contributed by atoms with Gasteiger partial charge in [-0.15, -0.1) is 0 Å². The van der Waals surface area contributed by atoms with E-state index in [1.165, 1.54) is 0 Å². The number of hydrogen-bond donors (Lipinski definition) is 0. The van der Waals surface area contributed by atoms with Gasteiger partial charge in [0.1, 0.15) is 0 Å². The Kier molecular flexibility index (Phi) is 9.55. The minimum Gasteiger partial charge on any atom is -0.870 e. The SMILES string of the molecule is [B+2]c1ccc(CCC(=O)OCC)cc1.[OH-].[OH-]. The molecule has 0 bridgehead atoms. The maximum absolute atomic E-state index is 11.0. The summed E-state index contributed by atoms with van der Waals surface area (Å²) in [6.07, 6.45) is 1.14. The van der Waals surface area contributed by atoms with Gasteiger partial charge in [0.05, 0.1) is 0 Å². The summed E-state index contributed by atoms with van der Waals surface area (Å²) in [4.78, 5) is 11.0. The average Bonchev–Trinajstić information content (AvgIpc) is 2.17. The number of esters is 1. The molecule has 4 nitrogen and oxygen atoms in total. The van der Waals surface area contributed by atoms with E-state index in [1.54, 1.807) is 6.92 Å². The predicted octanol–water partition coefficient (Wildman–Crippen LogP) is 0.623. The standard InChI is InChI=1S/C11H13BO2.2H2O/c1-2-14-11(13)8-5-9-3-6-10(12)7-4-9;;/h3-4,6-7H,2,5,8H2,1H3;2*1H2/q+2;;/p-2. The number of rotatable bonds is 4. The van der Waals surface area contributed by atoms with E-state index < -0.39 is 0 Å². The third kappa shape index (κ3) is 6.21. The van der Waals surface area contributed by atoms with Crippen LogP contribution in [0.4, 0.5) is 0 Å². The van der Waals surface area contributed by atoms with Crippen LogP contribution in [0.1, 0.15) is 18.9 Å². The summed E-state index contributed by atoms with van der Waals surface area (Å²) in [6.45, 7) is 2.25. The van der Waals surface area contributed by atoms with E-state index >= 15 is 0 Å². The van der Waals surface area contributed by atoms with Crippen LogP contribution < -0.4 is 5.46 Å². The van der Waals surface area contributed by atoms with Crippen LogP contribution in [0, 0.1) is 0 Å². The first-order valence-corrected chi connectivity index (χ1v) is 4.72. The molecule has 0 aliphatic heterocycles. The number of aryl methyl sites for hydroxylation is 1. The Bertz CT molecular complexity index is 297. The molecule has 0 aromatic heterocycles. The van der Waals surface area contributed by atoms with E-state index in [2.05, 4.69) is 0 Å². The zero-order chi connectivity index (χ0) is 10.4. The third-order valence-electron chi connectivity index (χ3n) is 1.90. The van der Waals surface area contributed by atoms with Crippen LogP contribution in [0.15, 0.2) is 24.3 Å². The Morgan fingerprint density at radius 2 is 1.81 bits per heavy atom. The van der Waals surface area contributed by atoms with Gasteiger partial charge in [-0.3, -0.25) is 0 Å². The van der Waals surface area contributed by atoms with Gasteiger partial charge in [0, 0.05) is 0 Å². The average molecular weight is 222 g/mol. The second-order valence-corrected chi connectivity index (χ2v) is 3.05. The van der Waals surface area contributed by atoms with E-state index in [0.29, 0.717) is 19.4 Å². The number of hydrogen-bond acceptors (Lipinski definition) is 4. The molecule has 0 fully saturated rings. The van der Waals surface area contributed by atoms with Gasteiger partial charge >= 0.3 is 85.0 Å². The molecule has 1 aromatic carbocycles. The molecule has 0 spiro atoms. The molecule has 0 amide bonds. The minimum absolute atomic E-state index is 0. The molecule has 0 saturated carbocycles. The summed E-state index contributed by atoms with van der Waals surface area (Å²) in [5, 5.41) is 0. The molecule has 1 rings (SSSR count). The largest absolute Gasteiger partial charge is 0.870 e. The number of ether oxygens (including phenoxy) is 1. The van der Waals surface area contributed by atoms with Crippen molar-refractivity contribution in [2.45, 2.75) is 19.8 Å². The molecule has 0 radical (unpaired) electrons. The van der Waals surface area contributed by atoms with Crippen molar-refractivity contribution in [2.24, 2.45) is 0 Å². The first kappa shape index (κ1) is 17.1. The Balaban J connectivity index is 0. The molecule has 1 aromatic rings. The van der Waals surface area contributed by atoms with Gasteiger partial charge < -0.3 is 11.0 Å². The Hall–Kier alpha value is -1.33. The van der Waals surface area contributed by atoms with Gasteiger partial charge in [0.25, 0.3) is 0 Å². The van der Waals surface area contributed by atoms with Crippen molar-refractivity contribution < 1.29 is 20.5 Å². The number of benzene rings is 1. The summed E-state index contributed by atoms with van der Waals surface area (Å²) in [5.74, 6) is -0.149. The molecular formula is C11H15BO4. The topological polar surface area (TPSA) is 86.3 Å². The van der Waals surface area contributed by atoms with Gasteiger partial charge in [-0.1, -0.05) is 0 Å². The van der Waals surface area contributed by atoms with Crippen LogP contribution in [-0.4, -0.2) is 31.4 Å². The van der Waals surface area contributed by atoms with Crippen LogP contribution in [0.5, 0.6) is 0 Å². The summed E-state index contributed by atoms with van der Waals surface area (Å²) in [7, 11) is 5.54. The normalized spacial score (nSPS) is 8.69. The maximum Gasteiger partial charge on any atom is -0.870 e. The molecule has 0 saturated heterocycles. The zero-order valence-electron chi connectivity index (χ0n) is 9.22. The summed E-state index contributed by atoms with van der Waals surface area (Å²) < 4.78 is 4.82. The predicted molar refractivity (Wildman–Crippen MR) is 60.7 cm³/mol. The Morgan fingerprint density at radius 1 is 1.25 bits per heavy atom. The van der Waals surface area contributed by atoms with Gasteiger partial charge in [0.2, 0.25) is 0 Å². The van der Waals surface area contributed by atoms with Crippen molar-refractivity contribution >= 4 is 19.3 Å². The first-order valence-electron chi connectivity index (χ1n) is 4.72. The fraction of sp³-hybridized carbons (Fsp3) is 0.364. The fourth-order valence-corrected chi connectivity index (χ4v) is 1.16. The van der Waals surface area contributed by atoms with Gasteiger partial charge in [-0.2, -0.15) is 0 Å². The van der Waals surface area contributed by atoms with Gasteiger partial charge in [-0.05, 0) is 0 Å². The van der Waals surface area contributed by atoms with Crippen molar-refractivity contribution in [1.29, 1.82) is 0 Å². The van der Waals surface area contributed by atoms with Crippen LogP contribution in [-0.2, 0) is 16.0 Å². The Morgan fingerprint density at radius 3 is 2.31 bits per heavy atom. The molecular weight excluding hydrogens is 207 g/mol. The van der Waals surface area contributed by atoms with E-state index in [-0.39, 0.29) is 16.9 Å². The molecule has 0 aliphatic carbocycles. The van der Waals surface area contributed by atoms with Crippen molar-refractivity contribution in [3.8, 4) is 0 Å². The smallest absolute Gasteiger partial charge is 0.870 e. The molecule has 86 valence electrons. The van der Waals surface area contributed by atoms with Crippen molar-refractivity contribution in [1.82, 2.24) is 0 Å². The van der Waals surface area contributed by atoms with Gasteiger partial charge in [0.15, 0.2) is 0 Å². The minimum atomic E-state index is -0.149. The van der Waals surface area contributed by atoms with Crippen molar-refractivity contribution in [3.63, 3.8) is 0 Å². The van der Waals surface area contributed by atoms with E-state index in [9.17, 15) is 4.79 Å². The molecule has 2 N–H and O–H groups in total. The van der Waals surface area contributed by atoms with E-state index in [0.717, 1.165) is 11.0 Å². The number of carbonyl (C=O) groups is 1. The fourth-order valence-electron chi connectivity index (χ4n) is 1.16. The van der Waals surface area contributed by atoms with Crippen LogP contribution in [0.25, 0.3) is 0 Å². The summed E-state index contributed by atoms with van der Waals surface area (Å²) >= 11 is 0. The quantitative estimate of drug-likeness (QED) is 0.551. The van der Waals surface area contributed by atoms with E-state index in [1.807, 2.05) is 24.3 Å². The Labute approximate surface area is 96.6 Å². The molecule has 5 heteroatoms. The van der Waals surface area contributed by atoms with E-state index in [4.69, 9.17) is 12.6 Å². The summed E-state index contributed by atoms with van der Waals surface area (Å²) in [6, 6.07) is 7.52. The molecule has 0 atom stereocenters. The molecule has 0 unspecified atom stereocenters. The summed E-state index contributed by atoms with van der Waals surface area (Å²) in [5.41, 5.74) is 1.84.